The minimum Gasteiger partial charge on any atom is -0.493 e. The van der Waals surface area contributed by atoms with Gasteiger partial charge in [-0.05, 0) is 75.6 Å². The van der Waals surface area contributed by atoms with Gasteiger partial charge in [-0.1, -0.05) is 20.3 Å². The number of allylic oxidation sites excluding steroid dienone is 1. The molecule has 3 atom stereocenters. The number of hydrogen-bond donors (Lipinski definition) is 0. The Morgan fingerprint density at radius 1 is 1.15 bits per heavy atom. The zero-order chi connectivity index (χ0) is 27.6. The van der Waals surface area contributed by atoms with E-state index in [1.807, 2.05) is 13.8 Å². The average Bonchev–Trinajstić information content (AvgIpc) is 3.38. The van der Waals surface area contributed by atoms with E-state index in [1.165, 1.54) is 32.4 Å². The molecular formula is C30H41FN2O6. The number of ether oxygens (including phenoxy) is 4. The second-order valence-corrected chi connectivity index (χ2v) is 11.4. The smallest absolute Gasteiger partial charge is 0.415 e. The molecule has 1 amide bonds. The van der Waals surface area contributed by atoms with Crippen LogP contribution in [0.4, 0.5) is 9.18 Å². The van der Waals surface area contributed by atoms with Crippen molar-refractivity contribution in [2.45, 2.75) is 76.9 Å². The van der Waals surface area contributed by atoms with E-state index in [9.17, 15) is 9.59 Å². The highest BCUT2D eigenvalue weighted by Gasteiger charge is 2.51. The van der Waals surface area contributed by atoms with Gasteiger partial charge in [-0.25, -0.2) is 9.18 Å². The zero-order valence-electron chi connectivity index (χ0n) is 23.4. The van der Waals surface area contributed by atoms with Crippen molar-refractivity contribution in [2.24, 2.45) is 11.8 Å². The predicted octanol–water partition coefficient (Wildman–Crippen LogP) is 5.09. The van der Waals surface area contributed by atoms with Crippen LogP contribution in [-0.4, -0.2) is 73.4 Å². The Morgan fingerprint density at radius 2 is 1.90 bits per heavy atom. The SMILES string of the molecule is CC[C@H]1C[C@]2(C(C)Cc3cc(OC(=O)N4CCC(N5CCCCC5)CC4)c(OC)cc3F)OCOC2=CC1=O. The van der Waals surface area contributed by atoms with Crippen molar-refractivity contribution >= 4 is 11.9 Å². The molecular weight excluding hydrogens is 503 g/mol. The van der Waals surface area contributed by atoms with Crippen LogP contribution in [0, 0.1) is 17.7 Å². The third-order valence-corrected chi connectivity index (χ3v) is 9.15. The van der Waals surface area contributed by atoms with E-state index in [-0.39, 0.29) is 35.9 Å². The van der Waals surface area contributed by atoms with Gasteiger partial charge in [0.1, 0.15) is 17.2 Å². The molecule has 0 aromatic heterocycles. The standard InChI is InChI=1S/C30H41FN2O6/c1-4-21-18-30(28(17-25(21)34)37-19-38-30)20(2)14-22-15-27(26(36-3)16-24(22)31)39-29(35)33-12-8-23(9-13-33)32-10-6-5-7-11-32/h15-17,20-21,23H,4-14,18-19H2,1-3H3/t20?,21-,30+/m0/s1. The summed E-state index contributed by atoms with van der Waals surface area (Å²) in [6, 6.07) is 3.35. The second-order valence-electron chi connectivity index (χ2n) is 11.4. The lowest BCUT2D eigenvalue weighted by atomic mass is 9.71. The normalized spacial score (nSPS) is 27.0. The highest BCUT2D eigenvalue weighted by molar-refractivity contribution is 5.93. The summed E-state index contributed by atoms with van der Waals surface area (Å²) < 4.78 is 38.1. The topological polar surface area (TPSA) is 77.5 Å². The van der Waals surface area contributed by atoms with Crippen LogP contribution in [0.5, 0.6) is 11.5 Å². The summed E-state index contributed by atoms with van der Waals surface area (Å²) in [6.07, 6.45) is 8.30. The van der Waals surface area contributed by atoms with Crippen molar-refractivity contribution in [3.05, 3.63) is 35.3 Å². The van der Waals surface area contributed by atoms with Crippen molar-refractivity contribution in [1.82, 2.24) is 9.80 Å². The van der Waals surface area contributed by atoms with Gasteiger partial charge in [-0.2, -0.15) is 0 Å². The van der Waals surface area contributed by atoms with E-state index in [0.717, 1.165) is 25.9 Å². The maximum absolute atomic E-state index is 15.2. The Kier molecular flexibility index (Phi) is 8.47. The molecule has 3 saturated heterocycles. The fraction of sp³-hybridized carbons (Fsp3) is 0.667. The van der Waals surface area contributed by atoms with E-state index in [1.54, 1.807) is 17.0 Å². The zero-order valence-corrected chi connectivity index (χ0v) is 23.4. The number of hydrogen-bond acceptors (Lipinski definition) is 7. The van der Waals surface area contributed by atoms with Gasteiger partial charge in [0.15, 0.2) is 24.1 Å². The monoisotopic (exact) mass is 544 g/mol. The van der Waals surface area contributed by atoms with E-state index >= 15 is 4.39 Å². The Bertz CT molecular complexity index is 1100. The lowest BCUT2D eigenvalue weighted by Crippen LogP contribution is -2.48. The Morgan fingerprint density at radius 3 is 2.59 bits per heavy atom. The molecule has 8 nitrogen and oxygen atoms in total. The molecule has 1 aromatic rings. The number of fused-ring (bicyclic) bond motifs is 1. The predicted molar refractivity (Wildman–Crippen MR) is 143 cm³/mol. The molecule has 3 fully saturated rings. The summed E-state index contributed by atoms with van der Waals surface area (Å²) in [7, 11) is 1.43. The number of amides is 1. The second kappa shape index (κ2) is 11.8. The van der Waals surface area contributed by atoms with Gasteiger partial charge >= 0.3 is 6.09 Å². The number of halogens is 1. The summed E-state index contributed by atoms with van der Waals surface area (Å²) in [5.74, 6) is 0.160. The molecule has 0 radical (unpaired) electrons. The minimum absolute atomic E-state index is 0.0469. The van der Waals surface area contributed by atoms with Gasteiger partial charge in [0.2, 0.25) is 0 Å². The van der Waals surface area contributed by atoms with Crippen LogP contribution in [0.3, 0.4) is 0 Å². The number of methoxy groups -OCH3 is 1. The van der Waals surface area contributed by atoms with Gasteiger partial charge in [-0.3, -0.25) is 4.79 Å². The molecule has 1 unspecified atom stereocenters. The largest absolute Gasteiger partial charge is 0.493 e. The lowest BCUT2D eigenvalue weighted by Gasteiger charge is -2.39. The Labute approximate surface area is 230 Å². The molecule has 4 aliphatic rings. The van der Waals surface area contributed by atoms with Crippen molar-refractivity contribution < 1.29 is 32.9 Å². The van der Waals surface area contributed by atoms with Crippen molar-refractivity contribution in [2.75, 3.05) is 40.1 Å². The molecule has 5 rings (SSSR count). The molecule has 1 aromatic carbocycles. The fourth-order valence-electron chi connectivity index (χ4n) is 6.68. The van der Waals surface area contributed by atoms with Crippen LogP contribution in [0.15, 0.2) is 24.0 Å². The van der Waals surface area contributed by atoms with Crippen LogP contribution >= 0.6 is 0 Å². The van der Waals surface area contributed by atoms with E-state index in [0.29, 0.717) is 49.7 Å². The number of rotatable bonds is 7. The number of ketones is 1. The summed E-state index contributed by atoms with van der Waals surface area (Å²) in [5.41, 5.74) is -0.389. The van der Waals surface area contributed by atoms with Crippen LogP contribution in [0.25, 0.3) is 0 Å². The van der Waals surface area contributed by atoms with Crippen LogP contribution < -0.4 is 9.47 Å². The van der Waals surface area contributed by atoms with E-state index < -0.39 is 17.5 Å². The van der Waals surface area contributed by atoms with Crippen LogP contribution in [0.1, 0.15) is 64.4 Å². The molecule has 0 N–H and O–H groups in total. The van der Waals surface area contributed by atoms with Gasteiger partial charge in [0.05, 0.1) is 7.11 Å². The first kappa shape index (κ1) is 27.9. The van der Waals surface area contributed by atoms with Gasteiger partial charge in [0.25, 0.3) is 0 Å². The average molecular weight is 545 g/mol. The molecule has 0 saturated carbocycles. The number of carbonyl (C=O) groups is 2. The third-order valence-electron chi connectivity index (χ3n) is 9.15. The molecule has 0 spiro atoms. The summed E-state index contributed by atoms with van der Waals surface area (Å²) in [4.78, 5) is 29.8. The molecule has 214 valence electrons. The Balaban J connectivity index is 1.28. The number of nitrogens with zero attached hydrogens (tertiary/aromatic N) is 2. The van der Waals surface area contributed by atoms with Crippen molar-refractivity contribution in [3.8, 4) is 11.5 Å². The van der Waals surface area contributed by atoms with Gasteiger partial charge in [-0.15, -0.1) is 0 Å². The lowest BCUT2D eigenvalue weighted by molar-refractivity contribution is -0.123. The molecule has 39 heavy (non-hydrogen) atoms. The first-order valence-corrected chi connectivity index (χ1v) is 14.4. The maximum Gasteiger partial charge on any atom is 0.415 e. The van der Waals surface area contributed by atoms with Crippen molar-refractivity contribution in [3.63, 3.8) is 0 Å². The fourth-order valence-corrected chi connectivity index (χ4v) is 6.68. The highest BCUT2D eigenvalue weighted by Crippen LogP contribution is 2.46. The van der Waals surface area contributed by atoms with Crippen molar-refractivity contribution in [1.29, 1.82) is 0 Å². The third kappa shape index (κ3) is 5.66. The number of likely N-dealkylation sites (tertiary alicyclic amines) is 2. The maximum atomic E-state index is 15.2. The molecule has 1 aliphatic carbocycles. The van der Waals surface area contributed by atoms with Gasteiger partial charge in [0, 0.05) is 37.2 Å². The van der Waals surface area contributed by atoms with E-state index in [2.05, 4.69) is 4.90 Å². The number of benzene rings is 1. The summed E-state index contributed by atoms with van der Waals surface area (Å²) >= 11 is 0. The van der Waals surface area contributed by atoms with Crippen LogP contribution in [-0.2, 0) is 20.7 Å². The molecule has 0 bridgehead atoms. The number of piperidine rings is 2. The molecule has 3 aliphatic heterocycles. The molecule has 9 heteroatoms. The summed E-state index contributed by atoms with van der Waals surface area (Å²) in [6.45, 7) is 7.60. The molecule has 3 heterocycles. The van der Waals surface area contributed by atoms with Crippen LogP contribution in [0.2, 0.25) is 0 Å². The first-order chi connectivity index (χ1) is 18.8. The van der Waals surface area contributed by atoms with E-state index in [4.69, 9.17) is 18.9 Å². The number of carbonyl (C=O) groups excluding carboxylic acids is 2. The first-order valence-electron chi connectivity index (χ1n) is 14.4. The summed E-state index contributed by atoms with van der Waals surface area (Å²) in [5, 5.41) is 0. The quantitative estimate of drug-likeness (QED) is 0.473. The highest BCUT2D eigenvalue weighted by atomic mass is 19.1. The Hall–Kier alpha value is -2.65. The minimum atomic E-state index is -0.781. The van der Waals surface area contributed by atoms with Gasteiger partial charge < -0.3 is 28.7 Å².